The number of imidazole rings is 1. The summed E-state index contributed by atoms with van der Waals surface area (Å²) in [4.78, 5) is 15.7. The largest absolute Gasteiger partial charge is 0.326 e. The van der Waals surface area contributed by atoms with E-state index in [9.17, 15) is 4.79 Å². The Labute approximate surface area is 145 Å². The van der Waals surface area contributed by atoms with Gasteiger partial charge in [-0.3, -0.25) is 4.79 Å². The quantitative estimate of drug-likeness (QED) is 0.783. The molecule has 24 heavy (non-hydrogen) atoms. The van der Waals surface area contributed by atoms with Gasteiger partial charge in [-0.2, -0.15) is 0 Å². The zero-order valence-electron chi connectivity index (χ0n) is 12.9. The van der Waals surface area contributed by atoms with Crippen molar-refractivity contribution >= 4 is 23.2 Å². The molecule has 1 atom stereocenters. The van der Waals surface area contributed by atoms with E-state index in [1.807, 2.05) is 42.9 Å². The number of hydrogen-bond acceptors (Lipinski definition) is 2. The lowest BCUT2D eigenvalue weighted by Gasteiger charge is -2.23. The molecule has 5 heteroatoms. The molecule has 0 bridgehead atoms. The molecular weight excluding hydrogens is 322 g/mol. The Morgan fingerprint density at radius 1 is 1.08 bits per heavy atom. The van der Waals surface area contributed by atoms with Gasteiger partial charge < -0.3 is 9.88 Å². The Morgan fingerprint density at radius 2 is 1.88 bits per heavy atom. The van der Waals surface area contributed by atoms with Crippen LogP contribution < -0.4 is 5.32 Å². The van der Waals surface area contributed by atoms with Gasteiger partial charge >= 0.3 is 0 Å². The predicted molar refractivity (Wildman–Crippen MR) is 94.3 cm³/mol. The van der Waals surface area contributed by atoms with E-state index in [0.29, 0.717) is 6.42 Å². The summed E-state index contributed by atoms with van der Waals surface area (Å²) in [6.07, 6.45) is 6.86. The zero-order chi connectivity index (χ0) is 16.5. The van der Waals surface area contributed by atoms with Crippen molar-refractivity contribution in [2.24, 2.45) is 0 Å². The SMILES string of the molecule is O=C1CCc2cc(C(c3ccc(Cl)cc3)n3ccnc3)ccc2N1. The van der Waals surface area contributed by atoms with Gasteiger partial charge in [-0.25, -0.2) is 4.98 Å². The van der Waals surface area contributed by atoms with Gasteiger partial charge in [0.25, 0.3) is 0 Å². The molecule has 2 heterocycles. The average molecular weight is 338 g/mol. The first-order valence-electron chi connectivity index (χ1n) is 7.86. The molecule has 1 amide bonds. The van der Waals surface area contributed by atoms with Crippen LogP contribution in [0.1, 0.15) is 29.2 Å². The molecule has 120 valence electrons. The summed E-state index contributed by atoms with van der Waals surface area (Å²) in [5.41, 5.74) is 4.38. The Balaban J connectivity index is 1.79. The molecule has 3 aromatic rings. The van der Waals surface area contributed by atoms with Crippen LogP contribution in [0.5, 0.6) is 0 Å². The summed E-state index contributed by atoms with van der Waals surface area (Å²) in [5, 5.41) is 3.65. The molecular formula is C19H16ClN3O. The molecule has 0 spiro atoms. The van der Waals surface area contributed by atoms with Gasteiger partial charge in [0, 0.05) is 29.5 Å². The van der Waals surface area contributed by atoms with Crippen molar-refractivity contribution in [3.05, 3.63) is 82.9 Å². The van der Waals surface area contributed by atoms with E-state index in [-0.39, 0.29) is 11.9 Å². The van der Waals surface area contributed by atoms with E-state index in [2.05, 4.69) is 27.0 Å². The van der Waals surface area contributed by atoms with Gasteiger partial charge in [0.15, 0.2) is 0 Å². The number of benzene rings is 2. The summed E-state index contributed by atoms with van der Waals surface area (Å²) < 4.78 is 2.08. The van der Waals surface area contributed by atoms with Gasteiger partial charge in [-0.05, 0) is 41.3 Å². The van der Waals surface area contributed by atoms with Crippen molar-refractivity contribution in [1.82, 2.24) is 9.55 Å². The summed E-state index contributed by atoms with van der Waals surface area (Å²) in [6.45, 7) is 0. The fourth-order valence-electron chi connectivity index (χ4n) is 3.18. The molecule has 1 unspecified atom stereocenters. The number of aryl methyl sites for hydroxylation is 1. The van der Waals surface area contributed by atoms with Gasteiger partial charge in [0.2, 0.25) is 5.91 Å². The van der Waals surface area contributed by atoms with Crippen molar-refractivity contribution in [3.63, 3.8) is 0 Å². The van der Waals surface area contributed by atoms with E-state index in [1.165, 1.54) is 5.56 Å². The van der Waals surface area contributed by atoms with Crippen LogP contribution in [0, 0.1) is 0 Å². The second-order valence-electron chi connectivity index (χ2n) is 5.93. The van der Waals surface area contributed by atoms with Gasteiger partial charge in [0.1, 0.15) is 0 Å². The third kappa shape index (κ3) is 2.81. The minimum absolute atomic E-state index is 0.0210. The number of amides is 1. The third-order valence-electron chi connectivity index (χ3n) is 4.35. The second-order valence-corrected chi connectivity index (χ2v) is 6.37. The number of anilines is 1. The van der Waals surface area contributed by atoms with Crippen LogP contribution >= 0.6 is 11.6 Å². The number of rotatable bonds is 3. The maximum atomic E-state index is 11.5. The Morgan fingerprint density at radius 3 is 2.62 bits per heavy atom. The first kappa shape index (κ1) is 15.0. The second kappa shape index (κ2) is 6.13. The lowest BCUT2D eigenvalue weighted by Crippen LogP contribution is -2.19. The van der Waals surface area contributed by atoms with E-state index in [4.69, 9.17) is 11.6 Å². The summed E-state index contributed by atoms with van der Waals surface area (Å²) in [5.74, 6) is 0.0825. The van der Waals surface area contributed by atoms with Crippen LogP contribution in [-0.2, 0) is 11.2 Å². The highest BCUT2D eigenvalue weighted by Gasteiger charge is 2.20. The van der Waals surface area contributed by atoms with Crippen molar-refractivity contribution < 1.29 is 4.79 Å². The maximum Gasteiger partial charge on any atom is 0.224 e. The Bertz CT molecular complexity index is 872. The van der Waals surface area contributed by atoms with Crippen LogP contribution in [0.25, 0.3) is 0 Å². The van der Waals surface area contributed by atoms with E-state index in [0.717, 1.165) is 28.3 Å². The first-order chi connectivity index (χ1) is 11.7. The van der Waals surface area contributed by atoms with Crippen LogP contribution in [-0.4, -0.2) is 15.5 Å². The minimum Gasteiger partial charge on any atom is -0.326 e. The number of hydrogen-bond donors (Lipinski definition) is 1. The van der Waals surface area contributed by atoms with Crippen molar-refractivity contribution in [3.8, 4) is 0 Å². The standard InChI is InChI=1S/C19H16ClN3O/c20-16-5-1-13(2-6-16)19(23-10-9-21-12-23)15-3-7-17-14(11-15)4-8-18(24)22-17/h1-3,5-7,9-12,19H,4,8H2,(H,22,24). The fourth-order valence-corrected chi connectivity index (χ4v) is 3.30. The number of nitrogens with one attached hydrogen (secondary N) is 1. The summed E-state index contributed by atoms with van der Waals surface area (Å²) >= 11 is 6.04. The molecule has 1 aromatic heterocycles. The molecule has 2 aromatic carbocycles. The number of carbonyl (C=O) groups is 1. The van der Waals surface area contributed by atoms with Crippen LogP contribution in [0.4, 0.5) is 5.69 Å². The molecule has 0 aliphatic carbocycles. The molecule has 1 aliphatic rings. The number of carbonyl (C=O) groups excluding carboxylic acids is 1. The highest BCUT2D eigenvalue weighted by atomic mass is 35.5. The van der Waals surface area contributed by atoms with E-state index < -0.39 is 0 Å². The highest BCUT2D eigenvalue weighted by molar-refractivity contribution is 6.30. The minimum atomic E-state index is 0.0210. The van der Waals surface area contributed by atoms with Gasteiger partial charge in [-0.15, -0.1) is 0 Å². The van der Waals surface area contributed by atoms with Crippen LogP contribution in [0.2, 0.25) is 5.02 Å². The lowest BCUT2D eigenvalue weighted by molar-refractivity contribution is -0.116. The van der Waals surface area contributed by atoms with E-state index >= 15 is 0 Å². The fraction of sp³-hybridized carbons (Fsp3) is 0.158. The normalized spacial score (nSPS) is 14.8. The van der Waals surface area contributed by atoms with Gasteiger partial charge in [0.05, 0.1) is 12.4 Å². The monoisotopic (exact) mass is 337 g/mol. The number of halogens is 1. The molecule has 0 saturated carbocycles. The van der Waals surface area contributed by atoms with Crippen molar-refractivity contribution in [2.75, 3.05) is 5.32 Å². The Hall–Kier alpha value is -2.59. The number of fused-ring (bicyclic) bond motifs is 1. The van der Waals surface area contributed by atoms with E-state index in [1.54, 1.807) is 6.20 Å². The zero-order valence-corrected chi connectivity index (χ0v) is 13.7. The predicted octanol–water partition coefficient (Wildman–Crippen LogP) is 4.06. The van der Waals surface area contributed by atoms with Crippen LogP contribution in [0.15, 0.2) is 61.2 Å². The molecule has 1 N–H and O–H groups in total. The van der Waals surface area contributed by atoms with Crippen molar-refractivity contribution in [1.29, 1.82) is 0 Å². The van der Waals surface area contributed by atoms with Crippen molar-refractivity contribution in [2.45, 2.75) is 18.9 Å². The molecule has 0 radical (unpaired) electrons. The molecule has 0 fully saturated rings. The molecule has 0 saturated heterocycles. The van der Waals surface area contributed by atoms with Gasteiger partial charge in [-0.1, -0.05) is 35.9 Å². The summed E-state index contributed by atoms with van der Waals surface area (Å²) in [6, 6.07) is 14.1. The first-order valence-corrected chi connectivity index (χ1v) is 8.24. The molecule has 4 rings (SSSR count). The summed E-state index contributed by atoms with van der Waals surface area (Å²) in [7, 11) is 0. The maximum absolute atomic E-state index is 11.5. The number of aromatic nitrogens is 2. The van der Waals surface area contributed by atoms with Crippen LogP contribution in [0.3, 0.4) is 0 Å². The lowest BCUT2D eigenvalue weighted by atomic mass is 9.93. The third-order valence-corrected chi connectivity index (χ3v) is 4.60. The Kier molecular flexibility index (Phi) is 3.82. The molecule has 1 aliphatic heterocycles. The smallest absolute Gasteiger partial charge is 0.224 e. The average Bonchev–Trinajstić information content (AvgIpc) is 3.11. The molecule has 4 nitrogen and oxygen atoms in total. The highest BCUT2D eigenvalue weighted by Crippen LogP contribution is 2.32. The topological polar surface area (TPSA) is 46.9 Å². The number of nitrogens with zero attached hydrogens (tertiary/aromatic N) is 2.